The molecule has 8 heteroatoms. The third kappa shape index (κ3) is 4.30. The monoisotopic (exact) mass is 491 g/mol. The molecular weight excluding hydrogens is 462 g/mol. The largest absolute Gasteiger partial charge is 0.503 e. The van der Waals surface area contributed by atoms with Gasteiger partial charge < -0.3 is 14.7 Å². The first-order valence-corrected chi connectivity index (χ1v) is 12.4. The molecule has 35 heavy (non-hydrogen) atoms. The van der Waals surface area contributed by atoms with Gasteiger partial charge in [0, 0.05) is 18.8 Å². The van der Waals surface area contributed by atoms with Gasteiger partial charge in [-0.2, -0.15) is 0 Å². The van der Waals surface area contributed by atoms with E-state index in [4.69, 9.17) is 4.74 Å². The average Bonchev–Trinajstić information content (AvgIpc) is 3.34. The third-order valence-electron chi connectivity index (χ3n) is 6.24. The van der Waals surface area contributed by atoms with Crippen LogP contribution in [0.2, 0.25) is 0 Å². The highest BCUT2D eigenvalue weighted by molar-refractivity contribution is 7.14. The Morgan fingerprint density at radius 1 is 1.11 bits per heavy atom. The van der Waals surface area contributed by atoms with Gasteiger partial charge in [0.05, 0.1) is 40.0 Å². The Balaban J connectivity index is 1.88. The summed E-state index contributed by atoms with van der Waals surface area (Å²) in [6.45, 7) is 9.49. The zero-order valence-electron chi connectivity index (χ0n) is 20.5. The minimum absolute atomic E-state index is 0.0447. The minimum atomic E-state index is -0.821. The summed E-state index contributed by atoms with van der Waals surface area (Å²) in [4.78, 5) is 35.6. The number of Topliss-reactive ketones (excluding diaryl/α,β-unsaturated/α-hetero) is 1. The summed E-state index contributed by atoms with van der Waals surface area (Å²) in [5.41, 5.74) is 2.86. The van der Waals surface area contributed by atoms with E-state index >= 15 is 0 Å². The molecule has 1 unspecified atom stereocenters. The van der Waals surface area contributed by atoms with E-state index in [2.05, 4.69) is 23.7 Å². The number of hydrogen-bond acceptors (Lipinski definition) is 7. The van der Waals surface area contributed by atoms with Gasteiger partial charge in [-0.05, 0) is 57.5 Å². The number of benzene rings is 2. The summed E-state index contributed by atoms with van der Waals surface area (Å²) in [6, 6.07) is 14.0. The summed E-state index contributed by atoms with van der Waals surface area (Å²) in [6.07, 6.45) is 0. The zero-order valence-corrected chi connectivity index (χ0v) is 21.3. The van der Waals surface area contributed by atoms with Crippen LogP contribution in [0.1, 0.15) is 45.8 Å². The molecule has 0 saturated carbocycles. The number of anilines is 2. The molecule has 0 spiro atoms. The Morgan fingerprint density at radius 2 is 1.77 bits per heavy atom. The van der Waals surface area contributed by atoms with Crippen LogP contribution in [-0.4, -0.2) is 42.0 Å². The number of hydrogen-bond donors (Lipinski definition) is 1. The minimum Gasteiger partial charge on any atom is -0.503 e. The number of aliphatic hydroxyl groups is 1. The fraction of sp³-hybridized carbons (Fsp3) is 0.296. The molecule has 0 aliphatic carbocycles. The quantitative estimate of drug-likeness (QED) is 0.425. The SMILES string of the molecule is CCN(CC)c1ccc(C2C(C(=O)c3sc(C)nc3C)=C(O)C(=O)N2c2ccccc2OC)cc1. The fourth-order valence-electron chi connectivity index (χ4n) is 4.55. The van der Waals surface area contributed by atoms with Gasteiger partial charge in [0.15, 0.2) is 5.76 Å². The number of ketones is 1. The number of ether oxygens (including phenoxy) is 1. The average molecular weight is 492 g/mol. The predicted octanol–water partition coefficient (Wildman–Crippen LogP) is 5.40. The van der Waals surface area contributed by atoms with Crippen molar-refractivity contribution in [1.82, 2.24) is 4.98 Å². The number of amides is 1. The van der Waals surface area contributed by atoms with Crippen LogP contribution in [0.5, 0.6) is 5.75 Å². The maximum Gasteiger partial charge on any atom is 0.294 e. The Kier molecular flexibility index (Phi) is 6.93. The lowest BCUT2D eigenvalue weighted by atomic mass is 9.94. The summed E-state index contributed by atoms with van der Waals surface area (Å²) in [5, 5.41) is 11.8. The number of methoxy groups -OCH3 is 1. The molecule has 0 fully saturated rings. The summed E-state index contributed by atoms with van der Waals surface area (Å²) < 4.78 is 5.51. The lowest BCUT2D eigenvalue weighted by Crippen LogP contribution is -2.31. The van der Waals surface area contributed by atoms with Gasteiger partial charge in [0.25, 0.3) is 5.91 Å². The topological polar surface area (TPSA) is 83.0 Å². The summed E-state index contributed by atoms with van der Waals surface area (Å²) in [7, 11) is 1.52. The molecule has 1 atom stereocenters. The van der Waals surface area contributed by atoms with E-state index in [0.717, 1.165) is 23.8 Å². The second-order valence-corrected chi connectivity index (χ2v) is 9.46. The molecule has 1 amide bonds. The van der Waals surface area contributed by atoms with Crippen LogP contribution in [0.3, 0.4) is 0 Å². The van der Waals surface area contributed by atoms with Crippen molar-refractivity contribution in [3.05, 3.63) is 81.0 Å². The highest BCUT2D eigenvalue weighted by Crippen LogP contribution is 2.45. The number of nitrogens with zero attached hydrogens (tertiary/aromatic N) is 3. The molecule has 0 saturated heterocycles. The van der Waals surface area contributed by atoms with Gasteiger partial charge in [0.2, 0.25) is 5.78 Å². The van der Waals surface area contributed by atoms with Crippen LogP contribution >= 0.6 is 11.3 Å². The van der Waals surface area contributed by atoms with E-state index in [-0.39, 0.29) is 5.57 Å². The van der Waals surface area contributed by atoms with Gasteiger partial charge in [-0.1, -0.05) is 24.3 Å². The molecule has 4 rings (SSSR count). The van der Waals surface area contributed by atoms with E-state index in [9.17, 15) is 14.7 Å². The van der Waals surface area contributed by atoms with Gasteiger partial charge in [0.1, 0.15) is 5.75 Å². The molecule has 7 nitrogen and oxygen atoms in total. The van der Waals surface area contributed by atoms with Crippen molar-refractivity contribution in [1.29, 1.82) is 0 Å². The van der Waals surface area contributed by atoms with E-state index in [1.54, 1.807) is 31.2 Å². The van der Waals surface area contributed by atoms with Crippen LogP contribution in [0.4, 0.5) is 11.4 Å². The Morgan fingerprint density at radius 3 is 2.34 bits per heavy atom. The number of para-hydroxylation sites is 2. The Labute approximate surface area is 209 Å². The molecule has 0 radical (unpaired) electrons. The predicted molar refractivity (Wildman–Crippen MR) is 139 cm³/mol. The van der Waals surface area contributed by atoms with E-state index in [1.807, 2.05) is 31.2 Å². The smallest absolute Gasteiger partial charge is 0.294 e. The number of aromatic nitrogens is 1. The summed E-state index contributed by atoms with van der Waals surface area (Å²) in [5.74, 6) is -1.12. The van der Waals surface area contributed by atoms with Crippen LogP contribution in [0.25, 0.3) is 0 Å². The maximum absolute atomic E-state index is 13.8. The second-order valence-electron chi connectivity index (χ2n) is 8.25. The number of aryl methyl sites for hydroxylation is 2. The van der Waals surface area contributed by atoms with Gasteiger partial charge in [-0.15, -0.1) is 11.3 Å². The van der Waals surface area contributed by atoms with Crippen molar-refractivity contribution in [3.8, 4) is 5.75 Å². The first kappa shape index (κ1) is 24.5. The first-order valence-electron chi connectivity index (χ1n) is 11.6. The molecule has 0 bridgehead atoms. The summed E-state index contributed by atoms with van der Waals surface area (Å²) >= 11 is 1.26. The van der Waals surface area contributed by atoms with Crippen molar-refractivity contribution in [2.45, 2.75) is 33.7 Å². The molecule has 1 aromatic heterocycles. The number of rotatable bonds is 8. The standard InChI is InChI=1S/C27H29N3O4S/c1-6-29(7-2)19-14-12-18(13-15-19)23-22(24(31)26-16(3)28-17(4)35-26)25(32)27(33)30(23)20-10-8-9-11-21(20)34-5/h8-15,23,32H,6-7H2,1-5H3. The van der Waals surface area contributed by atoms with E-state index in [0.29, 0.717) is 27.6 Å². The van der Waals surface area contributed by atoms with Crippen molar-refractivity contribution in [3.63, 3.8) is 0 Å². The molecule has 1 N–H and O–H groups in total. The molecule has 1 aliphatic rings. The first-order chi connectivity index (χ1) is 16.8. The molecule has 2 heterocycles. The molecular formula is C27H29N3O4S. The van der Waals surface area contributed by atoms with Gasteiger partial charge >= 0.3 is 0 Å². The van der Waals surface area contributed by atoms with Crippen LogP contribution in [-0.2, 0) is 4.79 Å². The van der Waals surface area contributed by atoms with Crippen molar-refractivity contribution in [2.24, 2.45) is 0 Å². The van der Waals surface area contributed by atoms with Crippen molar-refractivity contribution < 1.29 is 19.4 Å². The number of carbonyl (C=O) groups is 2. The van der Waals surface area contributed by atoms with Crippen molar-refractivity contribution in [2.75, 3.05) is 30.0 Å². The third-order valence-corrected chi connectivity index (χ3v) is 7.32. The van der Waals surface area contributed by atoms with Crippen molar-refractivity contribution >= 4 is 34.4 Å². The normalized spacial score (nSPS) is 15.6. The van der Waals surface area contributed by atoms with Crippen LogP contribution < -0.4 is 14.5 Å². The Hall–Kier alpha value is -3.65. The van der Waals surface area contributed by atoms with Gasteiger partial charge in [-0.25, -0.2) is 4.98 Å². The number of thiazole rings is 1. The lowest BCUT2D eigenvalue weighted by Gasteiger charge is -2.29. The van der Waals surface area contributed by atoms with Crippen LogP contribution in [0.15, 0.2) is 59.9 Å². The number of carbonyl (C=O) groups excluding carboxylic acids is 2. The fourth-order valence-corrected chi connectivity index (χ4v) is 5.42. The van der Waals surface area contributed by atoms with Crippen LogP contribution in [0, 0.1) is 13.8 Å². The molecule has 2 aromatic carbocycles. The Bertz CT molecular complexity index is 1290. The highest BCUT2D eigenvalue weighted by Gasteiger charge is 2.46. The molecule has 3 aromatic rings. The lowest BCUT2D eigenvalue weighted by molar-refractivity contribution is -0.117. The number of aliphatic hydroxyl groups excluding tert-OH is 1. The molecule has 1 aliphatic heterocycles. The second kappa shape index (κ2) is 9.92. The zero-order chi connectivity index (χ0) is 25.3. The van der Waals surface area contributed by atoms with E-state index < -0.39 is 23.5 Å². The molecule has 182 valence electrons. The highest BCUT2D eigenvalue weighted by atomic mass is 32.1. The van der Waals surface area contributed by atoms with E-state index in [1.165, 1.54) is 23.3 Å². The maximum atomic E-state index is 13.8. The van der Waals surface area contributed by atoms with Gasteiger partial charge in [-0.3, -0.25) is 14.5 Å².